The van der Waals surface area contributed by atoms with Crippen LogP contribution < -0.4 is 0 Å². The van der Waals surface area contributed by atoms with Crippen LogP contribution in [0.5, 0.6) is 0 Å². The first-order valence-electron chi connectivity index (χ1n) is 16.3. The van der Waals surface area contributed by atoms with E-state index in [0.29, 0.717) is 23.7 Å². The van der Waals surface area contributed by atoms with Crippen LogP contribution in [0.4, 0.5) is 0 Å². The molecule has 0 aromatic heterocycles. The highest BCUT2D eigenvalue weighted by Gasteiger charge is 2.61. The fraction of sp³-hybridized carbons (Fsp3) is 1.00. The van der Waals surface area contributed by atoms with E-state index < -0.39 is 74.6 Å². The van der Waals surface area contributed by atoms with Crippen molar-refractivity contribution in [1.82, 2.24) is 0 Å². The molecule has 18 atom stereocenters. The lowest BCUT2D eigenvalue weighted by molar-refractivity contribution is -0.320. The summed E-state index contributed by atoms with van der Waals surface area (Å²) in [5.74, 6) is 2.01. The maximum Gasteiger partial charge on any atom is 0.186 e. The molecule has 6 fully saturated rings. The predicted molar refractivity (Wildman–Crippen MR) is 149 cm³/mol. The second-order valence-electron chi connectivity index (χ2n) is 14.8. The molecule has 248 valence electrons. The summed E-state index contributed by atoms with van der Waals surface area (Å²) >= 11 is 0. The third-order valence-corrected chi connectivity index (χ3v) is 12.9. The lowest BCUT2D eigenvalue weighted by Crippen LogP contribution is -2.61. The molecule has 12 nitrogen and oxygen atoms in total. The van der Waals surface area contributed by atoms with Crippen molar-refractivity contribution in [3.63, 3.8) is 0 Å². The Hall–Kier alpha value is -0.480. The number of aliphatic hydroxyl groups excluding tert-OH is 8. The molecule has 2 saturated heterocycles. The van der Waals surface area contributed by atoms with E-state index in [1.54, 1.807) is 0 Å². The highest BCUT2D eigenvalue weighted by molar-refractivity contribution is 5.10. The summed E-state index contributed by atoms with van der Waals surface area (Å²) in [4.78, 5) is 0. The Kier molecular flexibility index (Phi) is 9.27. The molecule has 6 rings (SSSR count). The number of hydrogen-bond acceptors (Lipinski definition) is 12. The number of rotatable bonds is 6. The Morgan fingerprint density at radius 1 is 0.605 bits per heavy atom. The Bertz CT molecular complexity index is 967. The summed E-state index contributed by atoms with van der Waals surface area (Å²) in [5, 5.41) is 80.9. The molecule has 4 aliphatic carbocycles. The Morgan fingerprint density at radius 3 is 1.77 bits per heavy atom. The first kappa shape index (κ1) is 32.5. The van der Waals surface area contributed by atoms with Gasteiger partial charge in [0.25, 0.3) is 0 Å². The van der Waals surface area contributed by atoms with Crippen molar-refractivity contribution >= 4 is 0 Å². The van der Waals surface area contributed by atoms with Crippen molar-refractivity contribution in [3.8, 4) is 0 Å². The molecule has 0 spiro atoms. The van der Waals surface area contributed by atoms with Crippen LogP contribution >= 0.6 is 0 Å². The van der Waals surface area contributed by atoms with E-state index in [0.717, 1.165) is 57.8 Å². The van der Waals surface area contributed by atoms with Gasteiger partial charge in [-0.2, -0.15) is 0 Å². The zero-order valence-electron chi connectivity index (χ0n) is 25.2. The van der Waals surface area contributed by atoms with Crippen molar-refractivity contribution in [2.45, 2.75) is 145 Å². The van der Waals surface area contributed by atoms with Crippen LogP contribution in [0.2, 0.25) is 0 Å². The molecule has 2 aliphatic heterocycles. The van der Waals surface area contributed by atoms with E-state index in [-0.39, 0.29) is 23.0 Å². The SMILES string of the molecule is C[C@]12CC[C@H](O[C@@H]3O[C@H](CO)[C@@H](O)[C@H](O)[C@H]3O)C[C@@H]1CC[C@@H]1[C@@H]2CC[C@]2(C)[C@@H](O[C@@H]3O[C@H](CO)[C@@H](O)[C@H](O)[C@H]3O)CC[C@@H]12. The molecule has 43 heavy (non-hydrogen) atoms. The molecule has 4 saturated carbocycles. The maximum atomic E-state index is 10.6. The predicted octanol–water partition coefficient (Wildman–Crippen LogP) is -0.601. The molecule has 0 unspecified atom stereocenters. The van der Waals surface area contributed by atoms with Crippen molar-refractivity contribution in [1.29, 1.82) is 0 Å². The highest BCUT2D eigenvalue weighted by Crippen LogP contribution is 2.67. The summed E-state index contributed by atoms with van der Waals surface area (Å²) in [7, 11) is 0. The van der Waals surface area contributed by atoms with E-state index >= 15 is 0 Å². The summed E-state index contributed by atoms with van der Waals surface area (Å²) in [5.41, 5.74) is 0.0439. The summed E-state index contributed by atoms with van der Waals surface area (Å²) < 4.78 is 23.9. The lowest BCUT2D eigenvalue weighted by atomic mass is 9.45. The van der Waals surface area contributed by atoms with Crippen LogP contribution in [0, 0.1) is 34.5 Å². The zero-order valence-corrected chi connectivity index (χ0v) is 25.2. The molecule has 0 amide bonds. The van der Waals surface area contributed by atoms with Crippen LogP contribution in [0.15, 0.2) is 0 Å². The quantitative estimate of drug-likeness (QED) is 0.177. The molecule has 8 N–H and O–H groups in total. The summed E-state index contributed by atoms with van der Waals surface area (Å²) in [6.45, 7) is 3.76. The van der Waals surface area contributed by atoms with Gasteiger partial charge in [-0.05, 0) is 92.3 Å². The second kappa shape index (κ2) is 12.3. The minimum absolute atomic E-state index is 0.105. The van der Waals surface area contributed by atoms with Crippen LogP contribution in [-0.2, 0) is 18.9 Å². The third kappa shape index (κ3) is 5.41. The lowest BCUT2D eigenvalue weighted by Gasteiger charge is -2.61. The van der Waals surface area contributed by atoms with Gasteiger partial charge >= 0.3 is 0 Å². The van der Waals surface area contributed by atoms with Crippen LogP contribution in [0.25, 0.3) is 0 Å². The second-order valence-corrected chi connectivity index (χ2v) is 14.8. The Balaban J connectivity index is 1.09. The van der Waals surface area contributed by atoms with E-state index in [1.165, 1.54) is 0 Å². The standard InChI is InChI=1S/C31H52O12/c1-30-9-7-15(40-28-26(38)24(36)22(34)19(12-32)41-28)11-14(30)3-4-16-17-5-6-21(31(17,2)10-8-18(16)30)43-29-27(39)25(37)23(35)20(13-33)42-29/h14-29,32-39H,3-13H2,1-2H3/t14-,15-,16-,17-,18-,19+,20+,21-,22+,23+,24-,25-,26+,27+,28+,29-,30-,31-/m0/s1. The molecule has 0 aromatic rings. The maximum absolute atomic E-state index is 10.6. The van der Waals surface area contributed by atoms with Gasteiger partial charge in [0.15, 0.2) is 12.6 Å². The molecular weight excluding hydrogens is 564 g/mol. The minimum atomic E-state index is -1.45. The molecular formula is C31H52O12. The van der Waals surface area contributed by atoms with Gasteiger partial charge < -0.3 is 59.8 Å². The fourth-order valence-electron chi connectivity index (χ4n) is 10.2. The van der Waals surface area contributed by atoms with E-state index in [1.807, 2.05) is 0 Å². The van der Waals surface area contributed by atoms with Crippen LogP contribution in [-0.4, -0.2) is 128 Å². The number of ether oxygens (including phenoxy) is 4. The largest absolute Gasteiger partial charge is 0.394 e. The minimum Gasteiger partial charge on any atom is -0.394 e. The highest BCUT2D eigenvalue weighted by atomic mass is 16.7. The van der Waals surface area contributed by atoms with Gasteiger partial charge in [0.05, 0.1) is 25.4 Å². The van der Waals surface area contributed by atoms with Gasteiger partial charge in [-0.25, -0.2) is 0 Å². The molecule has 0 radical (unpaired) electrons. The van der Waals surface area contributed by atoms with Crippen molar-refractivity contribution in [3.05, 3.63) is 0 Å². The van der Waals surface area contributed by atoms with Crippen LogP contribution in [0.3, 0.4) is 0 Å². The van der Waals surface area contributed by atoms with Gasteiger partial charge in [-0.3, -0.25) is 0 Å². The number of hydrogen-bond donors (Lipinski definition) is 8. The fourth-order valence-corrected chi connectivity index (χ4v) is 10.2. The normalized spacial score (nSPS) is 57.1. The average Bonchev–Trinajstić information content (AvgIpc) is 3.33. The van der Waals surface area contributed by atoms with Crippen molar-refractivity contribution in [2.75, 3.05) is 13.2 Å². The van der Waals surface area contributed by atoms with E-state index in [2.05, 4.69) is 13.8 Å². The first-order chi connectivity index (χ1) is 20.4. The zero-order chi connectivity index (χ0) is 30.8. The topological polar surface area (TPSA) is 199 Å². The van der Waals surface area contributed by atoms with Gasteiger partial charge in [-0.15, -0.1) is 0 Å². The van der Waals surface area contributed by atoms with Gasteiger partial charge in [0, 0.05) is 0 Å². The van der Waals surface area contributed by atoms with Crippen LogP contribution in [0.1, 0.15) is 71.6 Å². The smallest absolute Gasteiger partial charge is 0.186 e. The molecule has 0 aromatic carbocycles. The molecule has 12 heteroatoms. The van der Waals surface area contributed by atoms with Crippen molar-refractivity contribution in [2.24, 2.45) is 34.5 Å². The van der Waals surface area contributed by atoms with Gasteiger partial charge in [0.1, 0.15) is 48.8 Å². The number of fused-ring (bicyclic) bond motifs is 5. The third-order valence-electron chi connectivity index (χ3n) is 12.9. The first-order valence-corrected chi connectivity index (χ1v) is 16.3. The van der Waals surface area contributed by atoms with Gasteiger partial charge in [-0.1, -0.05) is 13.8 Å². The Labute approximate surface area is 252 Å². The Morgan fingerprint density at radius 2 is 1.16 bits per heavy atom. The molecule has 0 bridgehead atoms. The number of aliphatic hydroxyl groups is 8. The van der Waals surface area contributed by atoms with E-state index in [9.17, 15) is 40.9 Å². The monoisotopic (exact) mass is 616 g/mol. The van der Waals surface area contributed by atoms with Gasteiger partial charge in [0.2, 0.25) is 0 Å². The summed E-state index contributed by atoms with van der Waals surface area (Å²) in [6.07, 6.45) is -4.31. The van der Waals surface area contributed by atoms with E-state index in [4.69, 9.17) is 18.9 Å². The summed E-state index contributed by atoms with van der Waals surface area (Å²) in [6, 6.07) is 0. The molecule has 6 aliphatic rings. The van der Waals surface area contributed by atoms with Crippen molar-refractivity contribution < 1.29 is 59.8 Å². The average molecular weight is 617 g/mol. The molecule has 2 heterocycles.